The summed E-state index contributed by atoms with van der Waals surface area (Å²) in [5.41, 5.74) is 0. The average molecular weight is 299 g/mol. The molecule has 0 unspecified atom stereocenters. The minimum absolute atomic E-state index is 0.101. The van der Waals surface area contributed by atoms with Gasteiger partial charge in [0.05, 0.1) is 24.2 Å². The molecule has 3 rings (SSSR count). The molecule has 0 N–H and O–H groups in total. The fourth-order valence-electron chi connectivity index (χ4n) is 3.11. The first kappa shape index (κ1) is 14.1. The van der Waals surface area contributed by atoms with Crippen LogP contribution < -0.4 is 0 Å². The SMILES string of the molecule is O=S(=O)(C[C@H]1CCCCO1)N1CCC[C@H]1c1ccco1. The van der Waals surface area contributed by atoms with Crippen molar-refractivity contribution in [2.24, 2.45) is 0 Å². The van der Waals surface area contributed by atoms with E-state index in [2.05, 4.69) is 0 Å². The standard InChI is InChI=1S/C14H21NO4S/c16-20(17,11-12-5-1-2-9-18-12)15-8-3-6-13(15)14-7-4-10-19-14/h4,7,10,12-13H,1-3,5-6,8-9,11H2/t12-,13+/m1/s1. The summed E-state index contributed by atoms with van der Waals surface area (Å²) in [6.45, 7) is 1.27. The predicted molar refractivity (Wildman–Crippen MR) is 74.8 cm³/mol. The van der Waals surface area contributed by atoms with Gasteiger partial charge in [-0.15, -0.1) is 0 Å². The van der Waals surface area contributed by atoms with Gasteiger partial charge in [-0.25, -0.2) is 8.42 Å². The molecule has 2 aliphatic heterocycles. The first-order valence-electron chi connectivity index (χ1n) is 7.31. The molecule has 1 aromatic heterocycles. The monoisotopic (exact) mass is 299 g/mol. The van der Waals surface area contributed by atoms with Gasteiger partial charge >= 0.3 is 0 Å². The Bertz CT molecular complexity index is 519. The van der Waals surface area contributed by atoms with Crippen molar-refractivity contribution in [3.8, 4) is 0 Å². The Morgan fingerprint density at radius 1 is 1.25 bits per heavy atom. The van der Waals surface area contributed by atoms with Crippen LogP contribution in [0.5, 0.6) is 0 Å². The van der Waals surface area contributed by atoms with Crippen LogP contribution in [0, 0.1) is 0 Å². The lowest BCUT2D eigenvalue weighted by Crippen LogP contribution is -2.38. The highest BCUT2D eigenvalue weighted by atomic mass is 32.2. The third kappa shape index (κ3) is 2.92. The van der Waals surface area contributed by atoms with Crippen molar-refractivity contribution >= 4 is 10.0 Å². The summed E-state index contributed by atoms with van der Waals surface area (Å²) in [6, 6.07) is 3.52. The van der Waals surface area contributed by atoms with Crippen LogP contribution in [0.3, 0.4) is 0 Å². The van der Waals surface area contributed by atoms with Gasteiger partial charge in [0.25, 0.3) is 0 Å². The van der Waals surface area contributed by atoms with E-state index in [-0.39, 0.29) is 17.9 Å². The zero-order valence-corrected chi connectivity index (χ0v) is 12.3. The largest absolute Gasteiger partial charge is 0.468 e. The molecule has 0 spiro atoms. The van der Waals surface area contributed by atoms with E-state index in [1.807, 2.05) is 12.1 Å². The molecule has 2 atom stereocenters. The van der Waals surface area contributed by atoms with Crippen LogP contribution in [0.2, 0.25) is 0 Å². The Labute approximate surface area is 119 Å². The number of ether oxygens (including phenoxy) is 1. The molecular formula is C14H21NO4S. The zero-order chi connectivity index (χ0) is 14.0. The average Bonchev–Trinajstić information content (AvgIpc) is 3.10. The highest BCUT2D eigenvalue weighted by Crippen LogP contribution is 2.35. The van der Waals surface area contributed by atoms with Gasteiger partial charge in [-0.1, -0.05) is 0 Å². The smallest absolute Gasteiger partial charge is 0.217 e. The molecule has 2 aliphatic rings. The minimum Gasteiger partial charge on any atom is -0.468 e. The predicted octanol–water partition coefficient (Wildman–Crippen LogP) is 2.32. The molecule has 20 heavy (non-hydrogen) atoms. The number of hydrogen-bond acceptors (Lipinski definition) is 4. The Morgan fingerprint density at radius 3 is 2.85 bits per heavy atom. The van der Waals surface area contributed by atoms with Gasteiger partial charge in [-0.05, 0) is 44.2 Å². The molecule has 1 aromatic rings. The Hall–Kier alpha value is -0.850. The maximum absolute atomic E-state index is 12.6. The number of nitrogens with zero attached hydrogens (tertiary/aromatic N) is 1. The molecule has 112 valence electrons. The number of hydrogen-bond donors (Lipinski definition) is 0. The first-order valence-corrected chi connectivity index (χ1v) is 8.92. The molecule has 3 heterocycles. The van der Waals surface area contributed by atoms with E-state index in [1.54, 1.807) is 10.6 Å². The molecule has 0 aromatic carbocycles. The highest BCUT2D eigenvalue weighted by Gasteiger charge is 2.38. The fraction of sp³-hybridized carbons (Fsp3) is 0.714. The Balaban J connectivity index is 1.72. The van der Waals surface area contributed by atoms with Crippen molar-refractivity contribution in [2.45, 2.75) is 44.2 Å². The summed E-state index contributed by atoms with van der Waals surface area (Å²) in [4.78, 5) is 0. The normalized spacial score (nSPS) is 28.8. The molecule has 2 saturated heterocycles. The van der Waals surface area contributed by atoms with Crippen LogP contribution >= 0.6 is 0 Å². The third-order valence-corrected chi connectivity index (χ3v) is 6.05. The molecule has 2 fully saturated rings. The Kier molecular flexibility index (Phi) is 4.14. The van der Waals surface area contributed by atoms with E-state index in [9.17, 15) is 8.42 Å². The van der Waals surface area contributed by atoms with Gasteiger partial charge in [0.2, 0.25) is 10.0 Å². The van der Waals surface area contributed by atoms with Crippen molar-refractivity contribution in [2.75, 3.05) is 18.9 Å². The summed E-state index contributed by atoms with van der Waals surface area (Å²) < 4.78 is 37.8. The van der Waals surface area contributed by atoms with E-state index >= 15 is 0 Å². The summed E-state index contributed by atoms with van der Waals surface area (Å²) in [6.07, 6.45) is 6.11. The van der Waals surface area contributed by atoms with Crippen LogP contribution in [0.1, 0.15) is 43.9 Å². The summed E-state index contributed by atoms with van der Waals surface area (Å²) in [5.74, 6) is 0.847. The van der Waals surface area contributed by atoms with Gasteiger partial charge in [0.1, 0.15) is 5.76 Å². The summed E-state index contributed by atoms with van der Waals surface area (Å²) in [7, 11) is -3.29. The maximum Gasteiger partial charge on any atom is 0.217 e. The quantitative estimate of drug-likeness (QED) is 0.856. The summed E-state index contributed by atoms with van der Waals surface area (Å²) >= 11 is 0. The topological polar surface area (TPSA) is 59.8 Å². The molecule has 6 heteroatoms. The van der Waals surface area contributed by atoms with Crippen LogP contribution in [0.25, 0.3) is 0 Å². The van der Waals surface area contributed by atoms with E-state index in [4.69, 9.17) is 9.15 Å². The highest BCUT2D eigenvalue weighted by molar-refractivity contribution is 7.89. The number of sulfonamides is 1. The second-order valence-corrected chi connectivity index (χ2v) is 7.52. The number of rotatable bonds is 4. The lowest BCUT2D eigenvalue weighted by molar-refractivity contribution is 0.0298. The van der Waals surface area contributed by atoms with E-state index in [0.717, 1.165) is 37.9 Å². The maximum atomic E-state index is 12.6. The third-order valence-electron chi connectivity index (χ3n) is 4.10. The van der Waals surface area contributed by atoms with Gasteiger partial charge in [-0.2, -0.15) is 4.31 Å². The Morgan fingerprint density at radius 2 is 2.15 bits per heavy atom. The van der Waals surface area contributed by atoms with E-state index in [1.165, 1.54) is 0 Å². The van der Waals surface area contributed by atoms with Gasteiger partial charge < -0.3 is 9.15 Å². The second-order valence-electron chi connectivity index (χ2n) is 5.55. The van der Waals surface area contributed by atoms with Crippen molar-refractivity contribution in [3.63, 3.8) is 0 Å². The summed E-state index contributed by atoms with van der Waals surface area (Å²) in [5, 5.41) is 0. The van der Waals surface area contributed by atoms with Crippen molar-refractivity contribution in [1.29, 1.82) is 0 Å². The molecule has 0 bridgehead atoms. The second kappa shape index (κ2) is 5.87. The van der Waals surface area contributed by atoms with Crippen molar-refractivity contribution < 1.29 is 17.6 Å². The van der Waals surface area contributed by atoms with Crippen molar-refractivity contribution in [3.05, 3.63) is 24.2 Å². The van der Waals surface area contributed by atoms with Crippen LogP contribution in [-0.4, -0.2) is 37.7 Å². The van der Waals surface area contributed by atoms with Gasteiger partial charge in [0.15, 0.2) is 0 Å². The van der Waals surface area contributed by atoms with Gasteiger partial charge in [-0.3, -0.25) is 0 Å². The lowest BCUT2D eigenvalue weighted by Gasteiger charge is -2.27. The molecule has 0 amide bonds. The lowest BCUT2D eigenvalue weighted by atomic mass is 10.1. The van der Waals surface area contributed by atoms with Crippen LogP contribution in [0.15, 0.2) is 22.8 Å². The fourth-order valence-corrected chi connectivity index (χ4v) is 5.04. The molecule has 0 radical (unpaired) electrons. The molecule has 0 aliphatic carbocycles. The first-order chi connectivity index (χ1) is 9.67. The van der Waals surface area contributed by atoms with Crippen molar-refractivity contribution in [1.82, 2.24) is 4.31 Å². The molecular weight excluding hydrogens is 278 g/mol. The van der Waals surface area contributed by atoms with Gasteiger partial charge in [0, 0.05) is 13.2 Å². The van der Waals surface area contributed by atoms with E-state index in [0.29, 0.717) is 13.2 Å². The van der Waals surface area contributed by atoms with Crippen LogP contribution in [-0.2, 0) is 14.8 Å². The molecule has 5 nitrogen and oxygen atoms in total. The minimum atomic E-state index is -3.29. The molecule has 0 saturated carbocycles. The van der Waals surface area contributed by atoms with E-state index < -0.39 is 10.0 Å². The zero-order valence-electron chi connectivity index (χ0n) is 11.5. The number of furan rings is 1. The van der Waals surface area contributed by atoms with Crippen LogP contribution in [0.4, 0.5) is 0 Å².